The maximum atomic E-state index is 12.6. The number of esters is 1. The SMILES string of the molecule is CCOC(=O)c1c(CN2CCC(C)C(O)C2)nc2ccccc2c1C. The van der Waals surface area contributed by atoms with Crippen molar-refractivity contribution in [3.8, 4) is 0 Å². The summed E-state index contributed by atoms with van der Waals surface area (Å²) < 4.78 is 5.28. The Bertz CT molecular complexity index is 775. The van der Waals surface area contributed by atoms with Gasteiger partial charge in [-0.1, -0.05) is 25.1 Å². The topological polar surface area (TPSA) is 62.7 Å². The summed E-state index contributed by atoms with van der Waals surface area (Å²) in [5.74, 6) is -0.00810. The minimum atomic E-state index is -0.332. The number of pyridine rings is 1. The van der Waals surface area contributed by atoms with Gasteiger partial charge < -0.3 is 9.84 Å². The first kappa shape index (κ1) is 17.8. The Hall–Kier alpha value is -1.98. The summed E-state index contributed by atoms with van der Waals surface area (Å²) in [5, 5.41) is 11.1. The third kappa shape index (κ3) is 3.67. The first-order chi connectivity index (χ1) is 12.0. The van der Waals surface area contributed by atoms with Crippen molar-refractivity contribution >= 4 is 16.9 Å². The molecule has 0 saturated carbocycles. The van der Waals surface area contributed by atoms with Crippen LogP contribution in [0.15, 0.2) is 24.3 Å². The van der Waals surface area contributed by atoms with E-state index in [1.165, 1.54) is 0 Å². The third-order valence-corrected chi connectivity index (χ3v) is 5.08. The third-order valence-electron chi connectivity index (χ3n) is 5.08. The number of rotatable bonds is 4. The summed E-state index contributed by atoms with van der Waals surface area (Å²) in [6.07, 6.45) is 0.615. The van der Waals surface area contributed by atoms with Crippen LogP contribution in [0.2, 0.25) is 0 Å². The Morgan fingerprint density at radius 1 is 1.40 bits per heavy atom. The number of fused-ring (bicyclic) bond motifs is 1. The van der Waals surface area contributed by atoms with E-state index < -0.39 is 0 Å². The van der Waals surface area contributed by atoms with Gasteiger partial charge in [0, 0.05) is 18.5 Å². The average Bonchev–Trinajstić information content (AvgIpc) is 2.58. The van der Waals surface area contributed by atoms with Gasteiger partial charge in [-0.25, -0.2) is 4.79 Å². The minimum Gasteiger partial charge on any atom is -0.462 e. The average molecular weight is 342 g/mol. The van der Waals surface area contributed by atoms with E-state index >= 15 is 0 Å². The van der Waals surface area contributed by atoms with E-state index in [0.717, 1.165) is 35.1 Å². The number of para-hydroxylation sites is 1. The molecule has 134 valence electrons. The molecule has 1 aliphatic rings. The maximum absolute atomic E-state index is 12.6. The van der Waals surface area contributed by atoms with Gasteiger partial charge in [-0.3, -0.25) is 9.88 Å². The molecule has 0 bridgehead atoms. The molecule has 0 amide bonds. The fourth-order valence-electron chi connectivity index (χ4n) is 3.50. The molecule has 0 radical (unpaired) electrons. The molecule has 5 nitrogen and oxygen atoms in total. The highest BCUT2D eigenvalue weighted by molar-refractivity contribution is 5.98. The highest BCUT2D eigenvalue weighted by atomic mass is 16.5. The molecule has 2 unspecified atom stereocenters. The number of carbonyl (C=O) groups excluding carboxylic acids is 1. The van der Waals surface area contributed by atoms with Gasteiger partial charge in [0.15, 0.2) is 0 Å². The van der Waals surface area contributed by atoms with Gasteiger partial charge in [-0.15, -0.1) is 0 Å². The van der Waals surface area contributed by atoms with Crippen molar-refractivity contribution < 1.29 is 14.6 Å². The van der Waals surface area contributed by atoms with Gasteiger partial charge in [0.25, 0.3) is 0 Å². The number of aryl methyl sites for hydroxylation is 1. The minimum absolute atomic E-state index is 0.312. The number of carbonyl (C=O) groups is 1. The van der Waals surface area contributed by atoms with E-state index in [0.29, 0.717) is 31.2 Å². The lowest BCUT2D eigenvalue weighted by molar-refractivity contribution is 0.0251. The maximum Gasteiger partial charge on any atom is 0.340 e. The van der Waals surface area contributed by atoms with Crippen molar-refractivity contribution in [3.05, 3.63) is 41.1 Å². The number of hydrogen-bond donors (Lipinski definition) is 1. The molecule has 1 saturated heterocycles. The van der Waals surface area contributed by atoms with Crippen molar-refractivity contribution in [2.45, 2.75) is 39.8 Å². The monoisotopic (exact) mass is 342 g/mol. The van der Waals surface area contributed by atoms with Crippen molar-refractivity contribution in [1.29, 1.82) is 0 Å². The second-order valence-electron chi connectivity index (χ2n) is 6.86. The highest BCUT2D eigenvalue weighted by Gasteiger charge is 2.27. The number of nitrogens with zero attached hydrogens (tertiary/aromatic N) is 2. The van der Waals surface area contributed by atoms with Crippen molar-refractivity contribution in [3.63, 3.8) is 0 Å². The molecule has 1 aromatic heterocycles. The quantitative estimate of drug-likeness (QED) is 0.866. The number of piperidine rings is 1. The van der Waals surface area contributed by atoms with Crippen LogP contribution >= 0.6 is 0 Å². The normalized spacial score (nSPS) is 21.4. The van der Waals surface area contributed by atoms with Crippen molar-refractivity contribution in [1.82, 2.24) is 9.88 Å². The Kier molecular flexibility index (Phi) is 5.35. The molecule has 25 heavy (non-hydrogen) atoms. The summed E-state index contributed by atoms with van der Waals surface area (Å²) in [7, 11) is 0. The zero-order valence-corrected chi connectivity index (χ0v) is 15.2. The van der Waals surface area contributed by atoms with Crippen LogP contribution in [-0.2, 0) is 11.3 Å². The van der Waals surface area contributed by atoms with Crippen LogP contribution in [0.1, 0.15) is 41.9 Å². The number of ether oxygens (including phenoxy) is 1. The molecule has 2 atom stereocenters. The predicted molar refractivity (Wildman–Crippen MR) is 97.5 cm³/mol. The van der Waals surface area contributed by atoms with Crippen LogP contribution in [0, 0.1) is 12.8 Å². The van der Waals surface area contributed by atoms with E-state index in [1.807, 2.05) is 38.1 Å². The van der Waals surface area contributed by atoms with Gasteiger partial charge in [-0.05, 0) is 44.4 Å². The molecule has 1 fully saturated rings. The summed E-state index contributed by atoms with van der Waals surface area (Å²) in [5.41, 5.74) is 3.09. The van der Waals surface area contributed by atoms with Gasteiger partial charge in [0.1, 0.15) is 0 Å². The lowest BCUT2D eigenvalue weighted by Gasteiger charge is -2.34. The highest BCUT2D eigenvalue weighted by Crippen LogP contribution is 2.26. The standard InChI is InChI=1S/C20H26N2O3/c1-4-25-20(24)19-14(3)15-7-5-6-8-16(15)21-17(19)11-22-10-9-13(2)18(23)12-22/h5-8,13,18,23H,4,9-12H2,1-3H3. The number of hydrogen-bond acceptors (Lipinski definition) is 5. The molecule has 1 N–H and O–H groups in total. The lowest BCUT2D eigenvalue weighted by Crippen LogP contribution is -2.42. The molecule has 1 aliphatic heterocycles. The fraction of sp³-hybridized carbons (Fsp3) is 0.500. The van der Waals surface area contributed by atoms with E-state index in [1.54, 1.807) is 0 Å². The molecular weight excluding hydrogens is 316 g/mol. The molecule has 1 aromatic carbocycles. The Labute approximate surface area is 148 Å². The summed E-state index contributed by atoms with van der Waals surface area (Å²) in [4.78, 5) is 19.5. The zero-order chi connectivity index (χ0) is 18.0. The van der Waals surface area contributed by atoms with Crippen LogP contribution < -0.4 is 0 Å². The first-order valence-electron chi connectivity index (χ1n) is 8.97. The zero-order valence-electron chi connectivity index (χ0n) is 15.2. The van der Waals surface area contributed by atoms with Crippen LogP contribution in [0.4, 0.5) is 0 Å². The number of aromatic nitrogens is 1. The Morgan fingerprint density at radius 2 is 2.16 bits per heavy atom. The van der Waals surface area contributed by atoms with E-state index in [9.17, 15) is 9.90 Å². The number of benzene rings is 1. The number of aliphatic hydroxyl groups excluding tert-OH is 1. The van der Waals surface area contributed by atoms with Gasteiger partial charge >= 0.3 is 5.97 Å². The molecule has 2 heterocycles. The predicted octanol–water partition coefficient (Wildman–Crippen LogP) is 2.92. The molecule has 0 aliphatic carbocycles. The molecule has 3 rings (SSSR count). The van der Waals surface area contributed by atoms with Crippen LogP contribution in [0.5, 0.6) is 0 Å². The van der Waals surface area contributed by atoms with Crippen LogP contribution in [0.3, 0.4) is 0 Å². The summed E-state index contributed by atoms with van der Waals surface area (Å²) in [6, 6.07) is 7.85. The summed E-state index contributed by atoms with van der Waals surface area (Å²) >= 11 is 0. The molecular formula is C20H26N2O3. The van der Waals surface area contributed by atoms with Crippen molar-refractivity contribution in [2.24, 2.45) is 5.92 Å². The fourth-order valence-corrected chi connectivity index (χ4v) is 3.50. The number of likely N-dealkylation sites (tertiary alicyclic amines) is 1. The van der Waals surface area contributed by atoms with Gasteiger partial charge in [0.05, 0.1) is 29.5 Å². The second kappa shape index (κ2) is 7.50. The number of β-amino-alcohol motifs (C(OH)–C–C–N with tert-alkyl or cyclic N) is 1. The van der Waals surface area contributed by atoms with Gasteiger partial charge in [0.2, 0.25) is 0 Å². The lowest BCUT2D eigenvalue weighted by atomic mass is 9.95. The second-order valence-corrected chi connectivity index (χ2v) is 6.86. The van der Waals surface area contributed by atoms with Gasteiger partial charge in [-0.2, -0.15) is 0 Å². The smallest absolute Gasteiger partial charge is 0.340 e. The first-order valence-corrected chi connectivity index (χ1v) is 8.97. The molecule has 5 heteroatoms. The molecule has 0 spiro atoms. The summed E-state index contributed by atoms with van der Waals surface area (Å²) in [6.45, 7) is 8.22. The van der Waals surface area contributed by atoms with Crippen molar-refractivity contribution in [2.75, 3.05) is 19.7 Å². The number of aliphatic hydroxyl groups is 1. The van der Waals surface area contributed by atoms with E-state index in [4.69, 9.17) is 9.72 Å². The van der Waals surface area contributed by atoms with E-state index in [2.05, 4.69) is 11.8 Å². The molecule has 2 aromatic rings. The largest absolute Gasteiger partial charge is 0.462 e. The Balaban J connectivity index is 2.00. The van der Waals surface area contributed by atoms with E-state index in [-0.39, 0.29) is 12.1 Å². The van der Waals surface area contributed by atoms with Crippen LogP contribution in [-0.4, -0.2) is 46.8 Å². The Morgan fingerprint density at radius 3 is 2.88 bits per heavy atom. The van der Waals surface area contributed by atoms with Crippen LogP contribution in [0.25, 0.3) is 10.9 Å².